The molecule has 0 spiro atoms. The van der Waals surface area contributed by atoms with Crippen molar-refractivity contribution >= 4 is 21.4 Å². The van der Waals surface area contributed by atoms with Crippen LogP contribution in [0.15, 0.2) is 53.9 Å². The van der Waals surface area contributed by atoms with E-state index in [2.05, 4.69) is 23.6 Å². The topological polar surface area (TPSA) is 44.0 Å². The second-order valence-corrected chi connectivity index (χ2v) is 6.31. The van der Waals surface area contributed by atoms with Crippen molar-refractivity contribution in [2.75, 3.05) is 0 Å². The van der Waals surface area contributed by atoms with Gasteiger partial charge in [-0.25, -0.2) is 0 Å². The molecule has 2 nitrogen and oxygen atoms in total. The summed E-state index contributed by atoms with van der Waals surface area (Å²) in [7, 11) is 0. The third-order valence-corrected chi connectivity index (χ3v) is 4.74. The summed E-state index contributed by atoms with van der Waals surface area (Å²) >= 11 is 1.70. The van der Waals surface area contributed by atoms with Crippen LogP contribution < -0.4 is 0 Å². The molecule has 0 aliphatic heterocycles. The van der Waals surface area contributed by atoms with Crippen LogP contribution in [0, 0.1) is 11.3 Å². The molecule has 1 atom stereocenters. The highest BCUT2D eigenvalue weighted by molar-refractivity contribution is 7.17. The molecule has 21 heavy (non-hydrogen) atoms. The minimum absolute atomic E-state index is 0.558. The van der Waals surface area contributed by atoms with E-state index < -0.39 is 5.60 Å². The molecular formula is C18H15NOS. The maximum Gasteiger partial charge on any atom is 0.0991 e. The van der Waals surface area contributed by atoms with E-state index in [1.165, 1.54) is 10.1 Å². The number of nitrogens with zero attached hydrogens (tertiary/aromatic N) is 1. The molecule has 0 fully saturated rings. The summed E-state index contributed by atoms with van der Waals surface area (Å²) in [6, 6.07) is 17.5. The average Bonchev–Trinajstić information content (AvgIpc) is 2.90. The van der Waals surface area contributed by atoms with E-state index in [0.29, 0.717) is 12.0 Å². The first-order valence-corrected chi connectivity index (χ1v) is 7.66. The van der Waals surface area contributed by atoms with Crippen molar-refractivity contribution in [1.29, 1.82) is 5.26 Å². The zero-order valence-corrected chi connectivity index (χ0v) is 12.5. The third kappa shape index (κ3) is 2.69. The number of hydrogen-bond acceptors (Lipinski definition) is 3. The quantitative estimate of drug-likeness (QED) is 0.785. The number of fused-ring (bicyclic) bond motifs is 1. The van der Waals surface area contributed by atoms with Crippen LogP contribution in [-0.2, 0) is 12.0 Å². The first-order chi connectivity index (χ1) is 10.1. The molecule has 0 amide bonds. The molecule has 0 radical (unpaired) electrons. The van der Waals surface area contributed by atoms with Crippen molar-refractivity contribution in [3.05, 3.63) is 70.6 Å². The predicted octanol–water partition coefficient (Wildman–Crippen LogP) is 4.22. The standard InChI is InChI=1S/C18H15NOS/c1-18(20,15-8-6-13(11-19)7-9-15)10-14-12-21-17-5-3-2-4-16(14)17/h2-9,12,20H,10H2,1H3. The fraction of sp³-hybridized carbons (Fsp3) is 0.167. The largest absolute Gasteiger partial charge is 0.385 e. The summed E-state index contributed by atoms with van der Waals surface area (Å²) in [6.07, 6.45) is 0.558. The van der Waals surface area contributed by atoms with E-state index in [0.717, 1.165) is 11.1 Å². The Balaban J connectivity index is 1.93. The second kappa shape index (κ2) is 5.33. The van der Waals surface area contributed by atoms with Crippen LogP contribution in [0.4, 0.5) is 0 Å². The van der Waals surface area contributed by atoms with Gasteiger partial charge in [0.25, 0.3) is 0 Å². The van der Waals surface area contributed by atoms with Crippen molar-refractivity contribution in [2.24, 2.45) is 0 Å². The predicted molar refractivity (Wildman–Crippen MR) is 86.3 cm³/mol. The van der Waals surface area contributed by atoms with Gasteiger partial charge in [-0.2, -0.15) is 5.26 Å². The highest BCUT2D eigenvalue weighted by Crippen LogP contribution is 2.32. The lowest BCUT2D eigenvalue weighted by Crippen LogP contribution is -2.24. The molecular weight excluding hydrogens is 278 g/mol. The lowest BCUT2D eigenvalue weighted by atomic mass is 9.88. The average molecular weight is 293 g/mol. The minimum atomic E-state index is -0.947. The Hall–Kier alpha value is -2.15. The van der Waals surface area contributed by atoms with Gasteiger partial charge in [-0.05, 0) is 47.0 Å². The molecule has 104 valence electrons. The zero-order chi connectivity index (χ0) is 14.9. The van der Waals surface area contributed by atoms with Crippen LogP contribution in [-0.4, -0.2) is 5.11 Å². The maximum absolute atomic E-state index is 10.8. The van der Waals surface area contributed by atoms with Crippen molar-refractivity contribution in [1.82, 2.24) is 0 Å². The maximum atomic E-state index is 10.8. The van der Waals surface area contributed by atoms with Gasteiger partial charge in [0.1, 0.15) is 0 Å². The van der Waals surface area contributed by atoms with Crippen LogP contribution in [0.1, 0.15) is 23.6 Å². The van der Waals surface area contributed by atoms with Crippen molar-refractivity contribution in [3.63, 3.8) is 0 Å². The summed E-state index contributed by atoms with van der Waals surface area (Å²) in [5.41, 5.74) is 1.65. The number of aliphatic hydroxyl groups is 1. The van der Waals surface area contributed by atoms with E-state index >= 15 is 0 Å². The summed E-state index contributed by atoms with van der Waals surface area (Å²) in [6.45, 7) is 1.82. The van der Waals surface area contributed by atoms with E-state index in [4.69, 9.17) is 5.26 Å². The molecule has 2 aromatic carbocycles. The number of thiophene rings is 1. The second-order valence-electron chi connectivity index (χ2n) is 5.40. The van der Waals surface area contributed by atoms with Gasteiger partial charge in [0.15, 0.2) is 0 Å². The Morgan fingerprint density at radius 1 is 1.14 bits per heavy atom. The molecule has 1 aromatic heterocycles. The Labute approximate surface area is 127 Å². The third-order valence-electron chi connectivity index (χ3n) is 3.73. The summed E-state index contributed by atoms with van der Waals surface area (Å²) in [5, 5.41) is 23.0. The number of hydrogen-bond donors (Lipinski definition) is 1. The number of benzene rings is 2. The molecule has 0 saturated heterocycles. The van der Waals surface area contributed by atoms with Crippen molar-refractivity contribution in [3.8, 4) is 6.07 Å². The molecule has 3 heteroatoms. The van der Waals surface area contributed by atoms with Gasteiger partial charge in [0.05, 0.1) is 17.2 Å². The fourth-order valence-electron chi connectivity index (χ4n) is 2.55. The van der Waals surface area contributed by atoms with Gasteiger partial charge in [0, 0.05) is 11.1 Å². The Morgan fingerprint density at radius 3 is 2.57 bits per heavy atom. The Kier molecular flexibility index (Phi) is 3.50. The zero-order valence-electron chi connectivity index (χ0n) is 11.7. The number of rotatable bonds is 3. The number of nitriles is 1. The van der Waals surface area contributed by atoms with Crippen LogP contribution in [0.5, 0.6) is 0 Å². The monoisotopic (exact) mass is 293 g/mol. The van der Waals surface area contributed by atoms with Gasteiger partial charge in [0.2, 0.25) is 0 Å². The van der Waals surface area contributed by atoms with Crippen molar-refractivity contribution in [2.45, 2.75) is 18.9 Å². The van der Waals surface area contributed by atoms with Gasteiger partial charge < -0.3 is 5.11 Å². The van der Waals surface area contributed by atoms with Gasteiger partial charge in [-0.15, -0.1) is 11.3 Å². The Bertz CT molecular complexity index is 809. The van der Waals surface area contributed by atoms with Crippen LogP contribution in [0.2, 0.25) is 0 Å². The van der Waals surface area contributed by atoms with Gasteiger partial charge in [-0.1, -0.05) is 30.3 Å². The lowest BCUT2D eigenvalue weighted by Gasteiger charge is -2.23. The van der Waals surface area contributed by atoms with E-state index in [-0.39, 0.29) is 0 Å². The molecule has 1 heterocycles. The highest BCUT2D eigenvalue weighted by atomic mass is 32.1. The van der Waals surface area contributed by atoms with Crippen LogP contribution in [0.25, 0.3) is 10.1 Å². The van der Waals surface area contributed by atoms with E-state index in [1.54, 1.807) is 23.5 Å². The van der Waals surface area contributed by atoms with Crippen molar-refractivity contribution < 1.29 is 5.11 Å². The molecule has 0 aliphatic rings. The minimum Gasteiger partial charge on any atom is -0.385 e. The normalized spacial score (nSPS) is 13.8. The first-order valence-electron chi connectivity index (χ1n) is 6.78. The summed E-state index contributed by atoms with van der Waals surface area (Å²) in [5.74, 6) is 0. The van der Waals surface area contributed by atoms with Crippen LogP contribution >= 0.6 is 11.3 Å². The smallest absolute Gasteiger partial charge is 0.0991 e. The highest BCUT2D eigenvalue weighted by Gasteiger charge is 2.24. The lowest BCUT2D eigenvalue weighted by molar-refractivity contribution is 0.0580. The Morgan fingerprint density at radius 2 is 1.86 bits per heavy atom. The van der Waals surface area contributed by atoms with Gasteiger partial charge in [-0.3, -0.25) is 0 Å². The van der Waals surface area contributed by atoms with Gasteiger partial charge >= 0.3 is 0 Å². The van der Waals surface area contributed by atoms with Crippen LogP contribution in [0.3, 0.4) is 0 Å². The molecule has 3 aromatic rings. The summed E-state index contributed by atoms with van der Waals surface area (Å²) in [4.78, 5) is 0. The van der Waals surface area contributed by atoms with E-state index in [1.807, 2.05) is 31.2 Å². The molecule has 3 rings (SSSR count). The molecule has 0 saturated carbocycles. The molecule has 1 unspecified atom stereocenters. The summed E-state index contributed by atoms with van der Waals surface area (Å²) < 4.78 is 1.24. The molecule has 0 aliphatic carbocycles. The molecule has 1 N–H and O–H groups in total. The molecule has 0 bridgehead atoms. The SMILES string of the molecule is CC(O)(Cc1csc2ccccc12)c1ccc(C#N)cc1. The fourth-order valence-corrected chi connectivity index (χ4v) is 3.51. The first kappa shape index (κ1) is 13.8. The van der Waals surface area contributed by atoms with E-state index in [9.17, 15) is 5.11 Å².